The van der Waals surface area contributed by atoms with Gasteiger partial charge < -0.3 is 14.5 Å². The topological polar surface area (TPSA) is 32.8 Å². The van der Waals surface area contributed by atoms with E-state index in [0.29, 0.717) is 30.6 Å². The number of carbonyl (C=O) groups excluding carboxylic acids is 1. The largest absolute Gasteiger partial charge is 0.373 e. The van der Waals surface area contributed by atoms with Crippen molar-refractivity contribution >= 4 is 5.91 Å². The highest BCUT2D eigenvalue weighted by atomic mass is 16.5. The van der Waals surface area contributed by atoms with Gasteiger partial charge in [-0.1, -0.05) is 12.1 Å². The van der Waals surface area contributed by atoms with Crippen LogP contribution in [0.3, 0.4) is 0 Å². The molecular formula is C20H30N2O2. The van der Waals surface area contributed by atoms with Crippen molar-refractivity contribution in [3.05, 3.63) is 35.4 Å². The number of likely N-dealkylation sites (tertiary alicyclic amines) is 1. The van der Waals surface area contributed by atoms with Crippen LogP contribution in [0.2, 0.25) is 0 Å². The molecule has 3 atom stereocenters. The summed E-state index contributed by atoms with van der Waals surface area (Å²) >= 11 is 0. The van der Waals surface area contributed by atoms with E-state index in [0.717, 1.165) is 24.2 Å². The van der Waals surface area contributed by atoms with Crippen LogP contribution in [0, 0.1) is 11.8 Å². The molecule has 2 bridgehead atoms. The molecule has 1 unspecified atom stereocenters. The average Bonchev–Trinajstić information content (AvgIpc) is 2.79. The zero-order valence-electron chi connectivity index (χ0n) is 15.4. The van der Waals surface area contributed by atoms with E-state index in [1.54, 1.807) is 19.0 Å². The quantitative estimate of drug-likeness (QED) is 0.832. The number of amides is 1. The lowest BCUT2D eigenvalue weighted by atomic mass is 9.94. The molecule has 2 fully saturated rings. The smallest absolute Gasteiger partial charge is 0.253 e. The van der Waals surface area contributed by atoms with E-state index >= 15 is 0 Å². The van der Waals surface area contributed by atoms with Gasteiger partial charge in [-0.25, -0.2) is 0 Å². The van der Waals surface area contributed by atoms with Crippen LogP contribution in [-0.4, -0.2) is 55.0 Å². The second kappa shape index (κ2) is 7.24. The maximum atomic E-state index is 12.1. The number of hydrogen-bond donors (Lipinski definition) is 0. The molecule has 0 spiro atoms. The van der Waals surface area contributed by atoms with Crippen LogP contribution in [0.1, 0.15) is 42.6 Å². The Morgan fingerprint density at radius 2 is 1.92 bits per heavy atom. The Bertz CT molecular complexity index is 571. The van der Waals surface area contributed by atoms with E-state index in [9.17, 15) is 4.79 Å². The predicted molar refractivity (Wildman–Crippen MR) is 96.0 cm³/mol. The van der Waals surface area contributed by atoms with E-state index in [-0.39, 0.29) is 5.91 Å². The van der Waals surface area contributed by atoms with E-state index < -0.39 is 0 Å². The van der Waals surface area contributed by atoms with Crippen LogP contribution in [-0.2, 0) is 11.3 Å². The monoisotopic (exact) mass is 330 g/mol. The molecule has 1 heterocycles. The Labute approximate surface area is 145 Å². The second-order valence-electron chi connectivity index (χ2n) is 7.82. The highest BCUT2D eigenvalue weighted by molar-refractivity contribution is 5.94. The van der Waals surface area contributed by atoms with Crippen LogP contribution in [0.15, 0.2) is 24.3 Å². The highest BCUT2D eigenvalue weighted by Gasteiger charge is 2.43. The molecule has 1 aliphatic heterocycles. The number of piperidine rings is 1. The van der Waals surface area contributed by atoms with Gasteiger partial charge in [-0.05, 0) is 56.2 Å². The second-order valence-corrected chi connectivity index (χ2v) is 7.82. The molecule has 1 aliphatic carbocycles. The first-order valence-electron chi connectivity index (χ1n) is 9.12. The molecule has 132 valence electrons. The maximum Gasteiger partial charge on any atom is 0.253 e. The number of benzene rings is 1. The van der Waals surface area contributed by atoms with Gasteiger partial charge in [0.2, 0.25) is 0 Å². The van der Waals surface area contributed by atoms with Gasteiger partial charge in [0.05, 0.1) is 12.7 Å². The van der Waals surface area contributed by atoms with Gasteiger partial charge in [0.15, 0.2) is 0 Å². The summed E-state index contributed by atoms with van der Waals surface area (Å²) in [7, 11) is 3.57. The molecule has 0 N–H and O–H groups in total. The van der Waals surface area contributed by atoms with Crippen molar-refractivity contribution in [2.75, 3.05) is 27.2 Å². The predicted octanol–water partition coefficient (Wildman–Crippen LogP) is 3.02. The molecule has 1 aromatic carbocycles. The van der Waals surface area contributed by atoms with Crippen molar-refractivity contribution in [1.82, 2.24) is 9.80 Å². The number of carbonyl (C=O) groups is 1. The maximum absolute atomic E-state index is 12.1. The summed E-state index contributed by atoms with van der Waals surface area (Å²) in [6.45, 7) is 7.51. The molecule has 2 aliphatic rings. The van der Waals surface area contributed by atoms with Crippen LogP contribution < -0.4 is 0 Å². The molecule has 1 amide bonds. The van der Waals surface area contributed by atoms with Gasteiger partial charge in [-0.15, -0.1) is 0 Å². The number of fused-ring (bicyclic) bond motifs is 2. The molecule has 3 rings (SSSR count). The lowest BCUT2D eigenvalue weighted by Crippen LogP contribution is -2.48. The Hall–Kier alpha value is -1.39. The molecule has 4 nitrogen and oxygen atoms in total. The number of ether oxygens (including phenoxy) is 1. The van der Waals surface area contributed by atoms with Crippen LogP contribution in [0.25, 0.3) is 0 Å². The zero-order valence-corrected chi connectivity index (χ0v) is 15.4. The van der Waals surface area contributed by atoms with Gasteiger partial charge in [0.1, 0.15) is 0 Å². The minimum atomic E-state index is 0.0437. The van der Waals surface area contributed by atoms with E-state index in [2.05, 4.69) is 24.8 Å². The van der Waals surface area contributed by atoms with E-state index in [1.807, 2.05) is 18.2 Å². The average molecular weight is 330 g/mol. The number of hydrogen-bond acceptors (Lipinski definition) is 3. The first-order valence-corrected chi connectivity index (χ1v) is 9.12. The molecule has 0 radical (unpaired) electrons. The van der Waals surface area contributed by atoms with Gasteiger partial charge in [0, 0.05) is 38.8 Å². The van der Waals surface area contributed by atoms with Crippen LogP contribution in [0.5, 0.6) is 0 Å². The Balaban J connectivity index is 1.61. The first-order chi connectivity index (χ1) is 11.5. The highest BCUT2D eigenvalue weighted by Crippen LogP contribution is 2.39. The summed E-state index contributed by atoms with van der Waals surface area (Å²) in [5.41, 5.74) is 1.83. The Kier molecular flexibility index (Phi) is 5.26. The summed E-state index contributed by atoms with van der Waals surface area (Å²) in [6.07, 6.45) is 2.96. The standard InChI is InChI=1S/C20H30N2O2/c1-14(2)22-11-17-8-9-18(12-22)19(17)24-13-15-6-5-7-16(10-15)20(23)21(3)4/h5-7,10,14,17-19H,8-9,11-13H2,1-4H3/t17-,18+,19?. The van der Waals surface area contributed by atoms with Gasteiger partial charge in [-0.3, -0.25) is 4.79 Å². The molecule has 4 heteroatoms. The summed E-state index contributed by atoms with van der Waals surface area (Å²) in [5, 5.41) is 0. The molecule has 24 heavy (non-hydrogen) atoms. The minimum absolute atomic E-state index is 0.0437. The van der Waals surface area contributed by atoms with Gasteiger partial charge >= 0.3 is 0 Å². The third-order valence-electron chi connectivity index (χ3n) is 5.53. The number of nitrogens with zero attached hydrogens (tertiary/aromatic N) is 2. The van der Waals surface area contributed by atoms with E-state index in [1.165, 1.54) is 12.8 Å². The van der Waals surface area contributed by atoms with Crippen LogP contribution >= 0.6 is 0 Å². The zero-order chi connectivity index (χ0) is 17.3. The van der Waals surface area contributed by atoms with Gasteiger partial charge in [-0.2, -0.15) is 0 Å². The SMILES string of the molecule is CC(C)N1C[C@H]2CC[C@@H](C1)C2OCc1cccc(C(=O)N(C)C)c1. The van der Waals surface area contributed by atoms with E-state index in [4.69, 9.17) is 4.74 Å². The minimum Gasteiger partial charge on any atom is -0.373 e. The lowest BCUT2D eigenvalue weighted by Gasteiger charge is -2.40. The van der Waals surface area contributed by atoms with Crippen molar-refractivity contribution in [2.24, 2.45) is 11.8 Å². The van der Waals surface area contributed by atoms with Crippen molar-refractivity contribution in [3.8, 4) is 0 Å². The fourth-order valence-electron chi connectivity index (χ4n) is 4.15. The van der Waals surface area contributed by atoms with Crippen molar-refractivity contribution in [2.45, 2.75) is 45.4 Å². The molecule has 1 aromatic rings. The van der Waals surface area contributed by atoms with Crippen LogP contribution in [0.4, 0.5) is 0 Å². The fourth-order valence-corrected chi connectivity index (χ4v) is 4.15. The Morgan fingerprint density at radius 3 is 2.50 bits per heavy atom. The summed E-state index contributed by atoms with van der Waals surface area (Å²) in [5.74, 6) is 1.37. The number of rotatable bonds is 5. The Morgan fingerprint density at radius 1 is 1.25 bits per heavy atom. The molecule has 0 aromatic heterocycles. The summed E-state index contributed by atoms with van der Waals surface area (Å²) < 4.78 is 6.33. The molecular weight excluding hydrogens is 300 g/mol. The third kappa shape index (κ3) is 3.65. The summed E-state index contributed by atoms with van der Waals surface area (Å²) in [4.78, 5) is 16.3. The lowest BCUT2D eigenvalue weighted by molar-refractivity contribution is -0.0564. The summed E-state index contributed by atoms with van der Waals surface area (Å²) in [6, 6.07) is 8.47. The van der Waals surface area contributed by atoms with Crippen molar-refractivity contribution < 1.29 is 9.53 Å². The van der Waals surface area contributed by atoms with Crippen molar-refractivity contribution in [3.63, 3.8) is 0 Å². The van der Waals surface area contributed by atoms with Crippen molar-refractivity contribution in [1.29, 1.82) is 0 Å². The normalized spacial score (nSPS) is 26.8. The molecule has 1 saturated heterocycles. The van der Waals surface area contributed by atoms with Gasteiger partial charge in [0.25, 0.3) is 5.91 Å². The first kappa shape index (κ1) is 17.4. The molecule has 1 saturated carbocycles. The fraction of sp³-hybridized carbons (Fsp3) is 0.650. The third-order valence-corrected chi connectivity index (χ3v) is 5.53.